The second kappa shape index (κ2) is 8.37. The van der Waals surface area contributed by atoms with E-state index in [4.69, 9.17) is 4.52 Å². The third kappa shape index (κ3) is 5.34. The topological polar surface area (TPSA) is 26.0 Å². The molecule has 0 saturated carbocycles. The standard InChI is InChI=1S/C14H24NO/c1-3-5-7-9-11-14-12-13(15-16-14)10-8-6-4-2/h12H,2-11H2,1H3. The first-order chi connectivity index (χ1) is 7.86. The van der Waals surface area contributed by atoms with Crippen molar-refractivity contribution < 1.29 is 4.52 Å². The molecule has 0 N–H and O–H groups in total. The Morgan fingerprint density at radius 2 is 1.94 bits per heavy atom. The molecule has 0 atom stereocenters. The largest absolute Gasteiger partial charge is 0.361 e. The van der Waals surface area contributed by atoms with Crippen molar-refractivity contribution in [1.82, 2.24) is 5.16 Å². The molecule has 0 bridgehead atoms. The normalized spacial score (nSPS) is 10.9. The van der Waals surface area contributed by atoms with Crippen LogP contribution in [-0.4, -0.2) is 5.16 Å². The van der Waals surface area contributed by atoms with Gasteiger partial charge in [-0.15, -0.1) is 0 Å². The van der Waals surface area contributed by atoms with E-state index >= 15 is 0 Å². The molecule has 16 heavy (non-hydrogen) atoms. The second-order valence-corrected chi connectivity index (χ2v) is 4.41. The summed E-state index contributed by atoms with van der Waals surface area (Å²) in [5.41, 5.74) is 1.11. The van der Waals surface area contributed by atoms with Gasteiger partial charge in [0.05, 0.1) is 5.69 Å². The Morgan fingerprint density at radius 1 is 1.12 bits per heavy atom. The minimum atomic E-state index is 1.02. The van der Waals surface area contributed by atoms with E-state index in [-0.39, 0.29) is 0 Å². The number of unbranched alkanes of at least 4 members (excludes halogenated alkanes) is 5. The number of rotatable bonds is 9. The predicted octanol–water partition coefficient (Wildman–Crippen LogP) is 4.34. The maximum Gasteiger partial charge on any atom is 0.137 e. The molecule has 2 nitrogen and oxygen atoms in total. The summed E-state index contributed by atoms with van der Waals surface area (Å²) in [5.74, 6) is 1.06. The SMILES string of the molecule is [CH2]CCCCc1cc(CCCCCC)on1. The molecule has 1 rings (SSSR count). The summed E-state index contributed by atoms with van der Waals surface area (Å²) in [7, 11) is 0. The molecular formula is C14H24NO. The van der Waals surface area contributed by atoms with E-state index in [1.807, 2.05) is 0 Å². The van der Waals surface area contributed by atoms with E-state index < -0.39 is 0 Å². The maximum atomic E-state index is 5.31. The Kier molecular flexibility index (Phi) is 6.95. The highest BCUT2D eigenvalue weighted by molar-refractivity contribution is 5.05. The first-order valence-electron chi connectivity index (χ1n) is 6.60. The van der Waals surface area contributed by atoms with Gasteiger partial charge in [-0.3, -0.25) is 0 Å². The molecule has 0 spiro atoms. The summed E-state index contributed by atoms with van der Waals surface area (Å²) >= 11 is 0. The van der Waals surface area contributed by atoms with Crippen LogP contribution >= 0.6 is 0 Å². The van der Waals surface area contributed by atoms with E-state index in [1.165, 1.54) is 38.5 Å². The molecule has 0 unspecified atom stereocenters. The summed E-state index contributed by atoms with van der Waals surface area (Å²) in [6.07, 6.45) is 10.6. The van der Waals surface area contributed by atoms with Crippen LogP contribution in [0.25, 0.3) is 0 Å². The third-order valence-electron chi connectivity index (χ3n) is 2.82. The van der Waals surface area contributed by atoms with Crippen LogP contribution in [0.5, 0.6) is 0 Å². The maximum absolute atomic E-state index is 5.31. The summed E-state index contributed by atoms with van der Waals surface area (Å²) in [4.78, 5) is 0. The number of nitrogens with zero attached hydrogens (tertiary/aromatic N) is 1. The summed E-state index contributed by atoms with van der Waals surface area (Å²) in [6, 6.07) is 2.12. The smallest absolute Gasteiger partial charge is 0.137 e. The lowest BCUT2D eigenvalue weighted by molar-refractivity contribution is 0.372. The van der Waals surface area contributed by atoms with Crippen molar-refractivity contribution in [2.75, 3.05) is 0 Å². The van der Waals surface area contributed by atoms with Gasteiger partial charge in [0, 0.05) is 12.5 Å². The number of aromatic nitrogens is 1. The molecule has 0 aromatic carbocycles. The molecule has 0 fully saturated rings. The fourth-order valence-corrected chi connectivity index (χ4v) is 1.80. The van der Waals surface area contributed by atoms with Crippen LogP contribution in [0.2, 0.25) is 0 Å². The van der Waals surface area contributed by atoms with Gasteiger partial charge < -0.3 is 4.52 Å². The lowest BCUT2D eigenvalue weighted by atomic mass is 10.1. The molecule has 0 aliphatic heterocycles. The van der Waals surface area contributed by atoms with Crippen LogP contribution in [0.4, 0.5) is 0 Å². The number of aryl methyl sites for hydroxylation is 2. The zero-order valence-corrected chi connectivity index (χ0v) is 10.5. The molecule has 2 heteroatoms. The predicted molar refractivity (Wildman–Crippen MR) is 67.3 cm³/mol. The van der Waals surface area contributed by atoms with Crippen LogP contribution in [0.3, 0.4) is 0 Å². The van der Waals surface area contributed by atoms with Gasteiger partial charge in [-0.05, 0) is 19.3 Å². The van der Waals surface area contributed by atoms with Crippen LogP contribution in [0.15, 0.2) is 10.6 Å². The fourth-order valence-electron chi connectivity index (χ4n) is 1.80. The Hall–Kier alpha value is -0.790. The molecule has 0 aliphatic carbocycles. The van der Waals surface area contributed by atoms with Crippen molar-refractivity contribution in [2.24, 2.45) is 0 Å². The van der Waals surface area contributed by atoms with Crippen LogP contribution in [0, 0.1) is 6.92 Å². The average Bonchev–Trinajstić information content (AvgIpc) is 2.73. The summed E-state index contributed by atoms with van der Waals surface area (Å²) in [5, 5.41) is 4.09. The lowest BCUT2D eigenvalue weighted by Crippen LogP contribution is -1.84. The first kappa shape index (κ1) is 13.3. The van der Waals surface area contributed by atoms with Crippen molar-refractivity contribution in [3.8, 4) is 0 Å². The van der Waals surface area contributed by atoms with Gasteiger partial charge in [0.2, 0.25) is 0 Å². The van der Waals surface area contributed by atoms with E-state index in [9.17, 15) is 0 Å². The van der Waals surface area contributed by atoms with Gasteiger partial charge in [-0.2, -0.15) is 0 Å². The molecule has 0 amide bonds. The van der Waals surface area contributed by atoms with E-state index in [0.717, 1.165) is 30.7 Å². The third-order valence-corrected chi connectivity index (χ3v) is 2.82. The van der Waals surface area contributed by atoms with E-state index in [0.29, 0.717) is 0 Å². The van der Waals surface area contributed by atoms with Crippen molar-refractivity contribution in [3.05, 3.63) is 24.4 Å². The first-order valence-corrected chi connectivity index (χ1v) is 6.60. The lowest BCUT2D eigenvalue weighted by Gasteiger charge is -1.94. The minimum absolute atomic E-state index is 1.02. The van der Waals surface area contributed by atoms with Gasteiger partial charge in [0.1, 0.15) is 5.76 Å². The van der Waals surface area contributed by atoms with Gasteiger partial charge in [0.15, 0.2) is 0 Å². The minimum Gasteiger partial charge on any atom is -0.361 e. The number of hydrogen-bond donors (Lipinski definition) is 0. The van der Waals surface area contributed by atoms with Crippen molar-refractivity contribution >= 4 is 0 Å². The molecule has 0 aliphatic rings. The highest BCUT2D eigenvalue weighted by Crippen LogP contribution is 2.11. The average molecular weight is 222 g/mol. The quantitative estimate of drug-likeness (QED) is 0.581. The Labute approximate surface area is 99.4 Å². The monoisotopic (exact) mass is 222 g/mol. The molecule has 0 saturated heterocycles. The molecule has 1 aromatic rings. The van der Waals surface area contributed by atoms with Crippen molar-refractivity contribution in [3.63, 3.8) is 0 Å². The fraction of sp³-hybridized carbons (Fsp3) is 0.714. The zero-order valence-electron chi connectivity index (χ0n) is 10.5. The Bertz CT molecular complexity index is 267. The number of hydrogen-bond acceptors (Lipinski definition) is 2. The summed E-state index contributed by atoms with van der Waals surface area (Å²) in [6.45, 7) is 6.07. The molecular weight excluding hydrogens is 198 g/mol. The van der Waals surface area contributed by atoms with Gasteiger partial charge >= 0.3 is 0 Å². The van der Waals surface area contributed by atoms with Crippen LogP contribution in [-0.2, 0) is 12.8 Å². The highest BCUT2D eigenvalue weighted by atomic mass is 16.5. The van der Waals surface area contributed by atoms with Gasteiger partial charge in [-0.25, -0.2) is 0 Å². The zero-order chi connectivity index (χ0) is 11.6. The van der Waals surface area contributed by atoms with Crippen molar-refractivity contribution in [1.29, 1.82) is 0 Å². The van der Waals surface area contributed by atoms with E-state index in [1.54, 1.807) is 0 Å². The van der Waals surface area contributed by atoms with E-state index in [2.05, 4.69) is 25.1 Å². The van der Waals surface area contributed by atoms with Crippen LogP contribution < -0.4 is 0 Å². The molecule has 1 radical (unpaired) electrons. The van der Waals surface area contributed by atoms with Crippen molar-refractivity contribution in [2.45, 2.75) is 64.7 Å². The Balaban J connectivity index is 2.17. The molecule has 1 aromatic heterocycles. The van der Waals surface area contributed by atoms with Gasteiger partial charge in [0.25, 0.3) is 0 Å². The molecule has 1 heterocycles. The molecule has 91 valence electrons. The second-order valence-electron chi connectivity index (χ2n) is 4.41. The van der Waals surface area contributed by atoms with Crippen LogP contribution in [0.1, 0.15) is 63.3 Å². The summed E-state index contributed by atoms with van der Waals surface area (Å²) < 4.78 is 5.31. The van der Waals surface area contributed by atoms with Gasteiger partial charge in [-0.1, -0.05) is 51.1 Å². The highest BCUT2D eigenvalue weighted by Gasteiger charge is 2.03. The Morgan fingerprint density at radius 3 is 2.69 bits per heavy atom.